The molecule has 0 fully saturated rings. The number of phenolic OH excluding ortho intramolecular Hbond substituents is 1. The second-order valence-corrected chi connectivity index (χ2v) is 4.05. The summed E-state index contributed by atoms with van der Waals surface area (Å²) >= 11 is 0. The van der Waals surface area contributed by atoms with Gasteiger partial charge in [0.25, 0.3) is 5.91 Å². The number of amides is 1. The minimum atomic E-state index is -0.391. The highest BCUT2D eigenvalue weighted by molar-refractivity contribution is 5.98. The van der Waals surface area contributed by atoms with Crippen LogP contribution in [0.2, 0.25) is 0 Å². The second-order valence-electron chi connectivity index (χ2n) is 4.05. The Kier molecular flexibility index (Phi) is 3.82. The van der Waals surface area contributed by atoms with E-state index >= 15 is 0 Å². The average molecular weight is 257 g/mol. The maximum Gasteiger partial charge on any atom is 0.280 e. The normalized spacial score (nSPS) is 10.2. The molecule has 0 atom stereocenters. The molecule has 98 valence electrons. The summed E-state index contributed by atoms with van der Waals surface area (Å²) in [5.74, 6) is -0.430. The van der Waals surface area contributed by atoms with Crippen molar-refractivity contribution in [3.05, 3.63) is 54.1 Å². The summed E-state index contributed by atoms with van der Waals surface area (Å²) in [5.41, 5.74) is 1.69. The fourth-order valence-corrected chi connectivity index (χ4v) is 1.82. The molecule has 19 heavy (non-hydrogen) atoms. The number of phenols is 1. The molecule has 0 aliphatic carbocycles. The molecule has 0 unspecified atom stereocenters. The molecule has 0 heterocycles. The molecule has 1 amide bonds. The molecule has 1 N–H and O–H groups in total. The van der Waals surface area contributed by atoms with E-state index in [0.717, 1.165) is 10.6 Å². The van der Waals surface area contributed by atoms with E-state index in [9.17, 15) is 9.90 Å². The maximum absolute atomic E-state index is 12.0. The van der Waals surface area contributed by atoms with Crippen LogP contribution in [-0.2, 0) is 4.84 Å². The number of carbonyl (C=O) groups is 1. The number of benzene rings is 2. The van der Waals surface area contributed by atoms with E-state index in [4.69, 9.17) is 4.84 Å². The van der Waals surface area contributed by atoms with Crippen LogP contribution in [0, 0.1) is 0 Å². The van der Waals surface area contributed by atoms with Gasteiger partial charge in [-0.15, -0.1) is 0 Å². The quantitative estimate of drug-likeness (QED) is 0.860. The van der Waals surface area contributed by atoms with Crippen molar-refractivity contribution < 1.29 is 14.7 Å². The Morgan fingerprint density at radius 3 is 2.42 bits per heavy atom. The lowest BCUT2D eigenvalue weighted by atomic mass is 10.0. The van der Waals surface area contributed by atoms with E-state index in [1.165, 1.54) is 14.2 Å². The van der Waals surface area contributed by atoms with Crippen molar-refractivity contribution in [2.24, 2.45) is 0 Å². The van der Waals surface area contributed by atoms with Crippen molar-refractivity contribution in [3.63, 3.8) is 0 Å². The van der Waals surface area contributed by atoms with Gasteiger partial charge in [-0.2, -0.15) is 0 Å². The Labute approximate surface area is 111 Å². The first-order chi connectivity index (χ1) is 9.15. The highest BCUT2D eigenvalue weighted by Gasteiger charge is 2.18. The van der Waals surface area contributed by atoms with Gasteiger partial charge in [-0.05, 0) is 11.6 Å². The summed E-state index contributed by atoms with van der Waals surface area (Å²) in [7, 11) is 2.90. The predicted octanol–water partition coefficient (Wildman–Crippen LogP) is 2.69. The minimum Gasteiger partial charge on any atom is -0.506 e. The number of carbonyl (C=O) groups excluding carboxylic acids is 1. The molecule has 0 saturated heterocycles. The summed E-state index contributed by atoms with van der Waals surface area (Å²) < 4.78 is 0. The smallest absolute Gasteiger partial charge is 0.280 e. The van der Waals surface area contributed by atoms with Crippen LogP contribution in [0.15, 0.2) is 48.5 Å². The first-order valence-corrected chi connectivity index (χ1v) is 5.84. The number of hydroxylamine groups is 2. The molecule has 0 radical (unpaired) electrons. The molecule has 4 nitrogen and oxygen atoms in total. The highest BCUT2D eigenvalue weighted by Crippen LogP contribution is 2.32. The van der Waals surface area contributed by atoms with Crippen molar-refractivity contribution in [3.8, 4) is 16.9 Å². The van der Waals surface area contributed by atoms with E-state index < -0.39 is 5.91 Å². The zero-order valence-corrected chi connectivity index (χ0v) is 10.8. The van der Waals surface area contributed by atoms with Crippen molar-refractivity contribution >= 4 is 5.91 Å². The van der Waals surface area contributed by atoms with Crippen molar-refractivity contribution in [1.82, 2.24) is 5.06 Å². The summed E-state index contributed by atoms with van der Waals surface area (Å²) in [4.78, 5) is 16.9. The Morgan fingerprint density at radius 1 is 1.11 bits per heavy atom. The zero-order chi connectivity index (χ0) is 13.8. The Morgan fingerprint density at radius 2 is 1.79 bits per heavy atom. The third-order valence-electron chi connectivity index (χ3n) is 2.91. The summed E-state index contributed by atoms with van der Waals surface area (Å²) in [6, 6.07) is 14.5. The average Bonchev–Trinajstić information content (AvgIpc) is 2.47. The molecule has 2 aromatic rings. The van der Waals surface area contributed by atoms with E-state index in [2.05, 4.69) is 0 Å². The van der Waals surface area contributed by atoms with Crippen LogP contribution in [0.3, 0.4) is 0 Å². The van der Waals surface area contributed by atoms with Crippen molar-refractivity contribution in [2.45, 2.75) is 0 Å². The van der Waals surface area contributed by atoms with E-state index in [0.29, 0.717) is 5.56 Å². The van der Waals surface area contributed by atoms with Gasteiger partial charge in [0, 0.05) is 12.6 Å². The molecule has 0 spiro atoms. The van der Waals surface area contributed by atoms with Gasteiger partial charge in [-0.25, -0.2) is 5.06 Å². The van der Waals surface area contributed by atoms with Gasteiger partial charge < -0.3 is 5.11 Å². The summed E-state index contributed by atoms with van der Waals surface area (Å²) in [5, 5.41) is 11.3. The predicted molar refractivity (Wildman–Crippen MR) is 72.6 cm³/mol. The van der Waals surface area contributed by atoms with Crippen LogP contribution in [-0.4, -0.2) is 30.2 Å². The molecule has 0 aliphatic heterocycles. The number of nitrogens with zero attached hydrogens (tertiary/aromatic N) is 1. The first-order valence-electron chi connectivity index (χ1n) is 5.84. The lowest BCUT2D eigenvalue weighted by Crippen LogP contribution is -2.25. The zero-order valence-electron chi connectivity index (χ0n) is 10.8. The van der Waals surface area contributed by atoms with Crippen LogP contribution in [0.1, 0.15) is 10.4 Å². The summed E-state index contributed by atoms with van der Waals surface area (Å²) in [6.07, 6.45) is 0. The molecule has 0 aromatic heterocycles. The van der Waals surface area contributed by atoms with E-state index in [1.807, 2.05) is 30.3 Å². The monoisotopic (exact) mass is 257 g/mol. The van der Waals surface area contributed by atoms with Gasteiger partial charge in [-0.3, -0.25) is 9.63 Å². The number of para-hydroxylation sites is 1. The van der Waals surface area contributed by atoms with Crippen LogP contribution in [0.5, 0.6) is 5.75 Å². The van der Waals surface area contributed by atoms with E-state index in [1.54, 1.807) is 18.2 Å². The van der Waals surface area contributed by atoms with Gasteiger partial charge >= 0.3 is 0 Å². The maximum atomic E-state index is 12.0. The molecule has 0 aliphatic rings. The molecule has 0 saturated carbocycles. The molecule has 0 bridgehead atoms. The highest BCUT2D eigenvalue weighted by atomic mass is 16.7. The van der Waals surface area contributed by atoms with Gasteiger partial charge in [0.1, 0.15) is 5.75 Å². The third-order valence-corrected chi connectivity index (χ3v) is 2.91. The minimum absolute atomic E-state index is 0.0393. The molecule has 2 aromatic carbocycles. The fourth-order valence-electron chi connectivity index (χ4n) is 1.82. The molecular weight excluding hydrogens is 242 g/mol. The number of aromatic hydroxyl groups is 1. The van der Waals surface area contributed by atoms with Crippen molar-refractivity contribution in [1.29, 1.82) is 0 Å². The molecule has 2 rings (SSSR count). The Hall–Kier alpha value is -2.33. The van der Waals surface area contributed by atoms with Gasteiger partial charge in [0.05, 0.1) is 12.7 Å². The standard InChI is InChI=1S/C15H15NO3/c1-16(19-2)15(18)13-10-6-9-12(14(13)17)11-7-4-3-5-8-11/h3-10,17H,1-2H3. The van der Waals surface area contributed by atoms with Crippen LogP contribution < -0.4 is 0 Å². The van der Waals surface area contributed by atoms with Crippen LogP contribution in [0.25, 0.3) is 11.1 Å². The third kappa shape index (κ3) is 2.58. The van der Waals surface area contributed by atoms with Gasteiger partial charge in [-0.1, -0.05) is 42.5 Å². The SMILES string of the molecule is CON(C)C(=O)c1cccc(-c2ccccc2)c1O. The topological polar surface area (TPSA) is 49.8 Å². The van der Waals surface area contributed by atoms with Gasteiger partial charge in [0.15, 0.2) is 0 Å². The van der Waals surface area contributed by atoms with Crippen molar-refractivity contribution in [2.75, 3.05) is 14.2 Å². The number of hydrogen-bond donors (Lipinski definition) is 1. The lowest BCUT2D eigenvalue weighted by molar-refractivity contribution is -0.0758. The summed E-state index contributed by atoms with van der Waals surface area (Å²) in [6.45, 7) is 0. The second kappa shape index (κ2) is 5.54. The largest absolute Gasteiger partial charge is 0.506 e. The Balaban J connectivity index is 2.47. The lowest BCUT2D eigenvalue weighted by Gasteiger charge is -2.15. The van der Waals surface area contributed by atoms with E-state index in [-0.39, 0.29) is 11.3 Å². The number of rotatable bonds is 3. The Bertz CT molecular complexity index is 581. The van der Waals surface area contributed by atoms with Crippen LogP contribution >= 0.6 is 0 Å². The fraction of sp³-hybridized carbons (Fsp3) is 0.133. The van der Waals surface area contributed by atoms with Crippen LogP contribution in [0.4, 0.5) is 0 Å². The first kappa shape index (κ1) is 13.1. The number of hydrogen-bond acceptors (Lipinski definition) is 3. The molecule has 4 heteroatoms. The van der Waals surface area contributed by atoms with Gasteiger partial charge in [0.2, 0.25) is 0 Å². The molecular formula is C15H15NO3.